The molecule has 0 spiro atoms. The fraction of sp³-hybridized carbons (Fsp3) is 0.238. The van der Waals surface area contributed by atoms with Gasteiger partial charge in [-0.15, -0.1) is 21.5 Å². The van der Waals surface area contributed by atoms with Gasteiger partial charge < -0.3 is 19.5 Å². The first-order valence-electron chi connectivity index (χ1n) is 9.69. The van der Waals surface area contributed by atoms with Gasteiger partial charge in [0.25, 0.3) is 11.1 Å². The number of H-pyrrole nitrogens is 1. The highest BCUT2D eigenvalue weighted by Gasteiger charge is 2.28. The van der Waals surface area contributed by atoms with Crippen molar-refractivity contribution in [3.05, 3.63) is 46.5 Å². The molecule has 8 nitrogen and oxygen atoms in total. The van der Waals surface area contributed by atoms with Crippen molar-refractivity contribution in [3.63, 3.8) is 0 Å². The highest BCUT2D eigenvalue weighted by atomic mass is 32.2. The maximum absolute atomic E-state index is 12.5. The molecule has 0 atom stereocenters. The number of benzene rings is 1. The minimum atomic E-state index is -0.414. The fourth-order valence-electron chi connectivity index (χ4n) is 3.73. The second-order valence-electron chi connectivity index (χ2n) is 7.01. The summed E-state index contributed by atoms with van der Waals surface area (Å²) in [4.78, 5) is 29.0. The third-order valence-corrected chi connectivity index (χ3v) is 7.14. The number of aromatic amines is 1. The average Bonchev–Trinajstić information content (AvgIpc) is 3.54. The molecule has 10 heteroatoms. The second-order valence-corrected chi connectivity index (χ2v) is 9.04. The third-order valence-electron chi connectivity index (χ3n) is 5.12. The van der Waals surface area contributed by atoms with Crippen LogP contribution in [0.5, 0.6) is 0 Å². The summed E-state index contributed by atoms with van der Waals surface area (Å²) in [5.41, 5.74) is 3.28. The number of para-hydroxylation sites is 1. The predicted octanol–water partition coefficient (Wildman–Crippen LogP) is 4.29. The van der Waals surface area contributed by atoms with Crippen molar-refractivity contribution in [1.29, 1.82) is 0 Å². The Balaban J connectivity index is 1.27. The van der Waals surface area contributed by atoms with E-state index in [2.05, 4.69) is 20.5 Å². The number of thioether (sulfide) groups is 1. The lowest BCUT2D eigenvalue weighted by atomic mass is 10.1. The van der Waals surface area contributed by atoms with Crippen LogP contribution in [0.2, 0.25) is 0 Å². The molecule has 0 saturated carbocycles. The van der Waals surface area contributed by atoms with Crippen LogP contribution in [-0.4, -0.2) is 39.9 Å². The summed E-state index contributed by atoms with van der Waals surface area (Å²) in [6.45, 7) is 0. The van der Waals surface area contributed by atoms with Gasteiger partial charge in [0, 0.05) is 22.0 Å². The van der Waals surface area contributed by atoms with Crippen LogP contribution in [0.15, 0.2) is 40.1 Å². The van der Waals surface area contributed by atoms with Gasteiger partial charge in [0.05, 0.1) is 24.0 Å². The quantitative estimate of drug-likeness (QED) is 0.330. The largest absolute Gasteiger partial charge is 0.465 e. The van der Waals surface area contributed by atoms with Crippen molar-refractivity contribution in [2.45, 2.75) is 24.5 Å². The summed E-state index contributed by atoms with van der Waals surface area (Å²) in [5.74, 6) is -0.189. The van der Waals surface area contributed by atoms with Crippen LogP contribution in [0, 0.1) is 0 Å². The van der Waals surface area contributed by atoms with E-state index in [4.69, 9.17) is 9.15 Å². The number of carbonyl (C=O) groups excluding carboxylic acids is 2. The summed E-state index contributed by atoms with van der Waals surface area (Å²) in [5, 5.41) is 12.8. The fourth-order valence-corrected chi connectivity index (χ4v) is 5.58. The number of hydrogen-bond donors (Lipinski definition) is 2. The Morgan fingerprint density at radius 3 is 3.03 bits per heavy atom. The van der Waals surface area contributed by atoms with Gasteiger partial charge in [0.1, 0.15) is 5.00 Å². The van der Waals surface area contributed by atoms with Gasteiger partial charge in [0.15, 0.2) is 0 Å². The zero-order chi connectivity index (χ0) is 21.4. The number of nitrogens with one attached hydrogen (secondary N) is 2. The summed E-state index contributed by atoms with van der Waals surface area (Å²) in [7, 11) is 1.35. The van der Waals surface area contributed by atoms with Gasteiger partial charge in [-0.2, -0.15) is 0 Å². The smallest absolute Gasteiger partial charge is 0.341 e. The molecular weight excluding hydrogens is 436 g/mol. The first-order valence-corrected chi connectivity index (χ1v) is 11.5. The Hall–Kier alpha value is -3.11. The molecule has 158 valence electrons. The van der Waals surface area contributed by atoms with Crippen molar-refractivity contribution in [2.75, 3.05) is 18.2 Å². The van der Waals surface area contributed by atoms with Crippen molar-refractivity contribution < 1.29 is 18.7 Å². The molecular formula is C21H18N4O4S2. The van der Waals surface area contributed by atoms with E-state index >= 15 is 0 Å². The van der Waals surface area contributed by atoms with Gasteiger partial charge in [-0.25, -0.2) is 4.79 Å². The van der Waals surface area contributed by atoms with Gasteiger partial charge in [0.2, 0.25) is 5.91 Å². The molecule has 0 fully saturated rings. The molecule has 0 saturated heterocycles. The Labute approximate surface area is 185 Å². The molecule has 1 aromatic carbocycles. The number of aromatic nitrogens is 3. The first kappa shape index (κ1) is 19.8. The number of nitrogens with zero attached hydrogens (tertiary/aromatic N) is 2. The Morgan fingerprint density at radius 1 is 1.29 bits per heavy atom. The Kier molecular flexibility index (Phi) is 5.24. The summed E-state index contributed by atoms with van der Waals surface area (Å²) in [6, 6.07) is 7.84. The van der Waals surface area contributed by atoms with E-state index in [0.29, 0.717) is 21.7 Å². The van der Waals surface area contributed by atoms with Crippen LogP contribution in [0.3, 0.4) is 0 Å². The molecule has 5 rings (SSSR count). The summed E-state index contributed by atoms with van der Waals surface area (Å²) < 4.78 is 10.7. The number of thiophene rings is 1. The number of hydrogen-bond acceptors (Lipinski definition) is 8. The van der Waals surface area contributed by atoms with Crippen molar-refractivity contribution >= 4 is 50.9 Å². The molecule has 3 heterocycles. The van der Waals surface area contributed by atoms with Crippen LogP contribution in [0.25, 0.3) is 22.4 Å². The molecule has 1 aliphatic rings. The normalized spacial score (nSPS) is 12.8. The highest BCUT2D eigenvalue weighted by Crippen LogP contribution is 2.39. The van der Waals surface area contributed by atoms with E-state index < -0.39 is 5.97 Å². The minimum Gasteiger partial charge on any atom is -0.465 e. The summed E-state index contributed by atoms with van der Waals surface area (Å²) >= 11 is 2.60. The van der Waals surface area contributed by atoms with Gasteiger partial charge in [-0.05, 0) is 30.9 Å². The zero-order valence-corrected chi connectivity index (χ0v) is 18.2. The Morgan fingerprint density at radius 2 is 2.16 bits per heavy atom. The number of amides is 1. The molecule has 1 aliphatic carbocycles. The minimum absolute atomic E-state index is 0.0820. The maximum atomic E-state index is 12.5. The SMILES string of the molecule is COC(=O)c1c(NC(=O)CSc2nnc(-c3c[nH]c4ccccc34)o2)sc2c1CCC2. The van der Waals surface area contributed by atoms with Crippen LogP contribution in [0.1, 0.15) is 27.2 Å². The molecule has 1 amide bonds. The van der Waals surface area contributed by atoms with Crippen molar-refractivity contribution in [3.8, 4) is 11.5 Å². The molecule has 3 aromatic heterocycles. The number of aryl methyl sites for hydroxylation is 1. The molecule has 0 aliphatic heterocycles. The lowest BCUT2D eigenvalue weighted by Gasteiger charge is -2.06. The first-order chi connectivity index (χ1) is 15.1. The number of methoxy groups -OCH3 is 1. The van der Waals surface area contributed by atoms with E-state index in [1.807, 2.05) is 30.5 Å². The van der Waals surface area contributed by atoms with Crippen LogP contribution >= 0.6 is 23.1 Å². The van der Waals surface area contributed by atoms with Crippen molar-refractivity contribution in [2.24, 2.45) is 0 Å². The maximum Gasteiger partial charge on any atom is 0.341 e. The monoisotopic (exact) mass is 454 g/mol. The number of carbonyl (C=O) groups is 2. The van der Waals surface area contributed by atoms with Gasteiger partial charge >= 0.3 is 5.97 Å². The lowest BCUT2D eigenvalue weighted by Crippen LogP contribution is -2.16. The number of rotatable bonds is 6. The van der Waals surface area contributed by atoms with E-state index in [0.717, 1.165) is 57.9 Å². The average molecular weight is 455 g/mol. The number of esters is 1. The lowest BCUT2D eigenvalue weighted by molar-refractivity contribution is -0.113. The van der Waals surface area contributed by atoms with E-state index in [9.17, 15) is 9.59 Å². The van der Waals surface area contributed by atoms with Crippen LogP contribution in [0.4, 0.5) is 5.00 Å². The molecule has 0 unspecified atom stereocenters. The molecule has 2 N–H and O–H groups in total. The second kappa shape index (κ2) is 8.20. The Bertz CT molecular complexity index is 1290. The molecule has 0 bridgehead atoms. The molecule has 0 radical (unpaired) electrons. The van der Waals surface area contributed by atoms with Crippen LogP contribution in [-0.2, 0) is 22.4 Å². The van der Waals surface area contributed by atoms with E-state index in [-0.39, 0.29) is 11.7 Å². The molecule has 4 aromatic rings. The highest BCUT2D eigenvalue weighted by molar-refractivity contribution is 7.99. The number of fused-ring (bicyclic) bond motifs is 2. The topological polar surface area (TPSA) is 110 Å². The summed E-state index contributed by atoms with van der Waals surface area (Å²) in [6.07, 6.45) is 4.60. The third kappa shape index (κ3) is 3.72. The van der Waals surface area contributed by atoms with Crippen molar-refractivity contribution in [1.82, 2.24) is 15.2 Å². The standard InChI is InChI=1S/C21H18N4O4S2/c1-28-20(27)17-12-6-4-8-15(12)31-19(17)23-16(26)10-30-21-25-24-18(29-21)13-9-22-14-7-3-2-5-11(13)14/h2-3,5,7,9,22H,4,6,8,10H2,1H3,(H,23,26). The predicted molar refractivity (Wildman–Crippen MR) is 119 cm³/mol. The van der Waals surface area contributed by atoms with Gasteiger partial charge in [-0.3, -0.25) is 4.79 Å². The van der Waals surface area contributed by atoms with E-state index in [1.165, 1.54) is 18.4 Å². The van der Waals surface area contributed by atoms with Gasteiger partial charge in [-0.1, -0.05) is 30.0 Å². The van der Waals surface area contributed by atoms with E-state index in [1.54, 1.807) is 0 Å². The zero-order valence-electron chi connectivity index (χ0n) is 16.6. The molecule has 31 heavy (non-hydrogen) atoms. The number of ether oxygens (including phenoxy) is 1. The number of anilines is 1. The van der Waals surface area contributed by atoms with Crippen LogP contribution < -0.4 is 5.32 Å².